The highest BCUT2D eigenvalue weighted by molar-refractivity contribution is 6.35. The number of hydrogen-bond acceptors (Lipinski definition) is 2. The molecular weight excluding hydrogens is 281 g/mol. The fourth-order valence-electron chi connectivity index (χ4n) is 1.94. The van der Waals surface area contributed by atoms with Crippen molar-refractivity contribution in [3.8, 4) is 0 Å². The standard InChI is InChI=1S/C14H17Cl2N3/c1-2-19-8-7-18-14(19)10-17-6-5-11-3-4-12(15)9-13(11)16/h3-4,7-9,17H,2,5-6,10H2,1H3. The van der Waals surface area contributed by atoms with E-state index in [1.54, 1.807) is 6.07 Å². The van der Waals surface area contributed by atoms with Gasteiger partial charge in [0.1, 0.15) is 5.82 Å². The third-order valence-electron chi connectivity index (χ3n) is 3.01. The molecule has 1 N–H and O–H groups in total. The molecule has 0 aliphatic carbocycles. The lowest BCUT2D eigenvalue weighted by atomic mass is 10.1. The van der Waals surface area contributed by atoms with Crippen LogP contribution >= 0.6 is 23.2 Å². The fraction of sp³-hybridized carbons (Fsp3) is 0.357. The molecule has 0 amide bonds. The minimum absolute atomic E-state index is 0.673. The molecule has 1 heterocycles. The minimum atomic E-state index is 0.673. The summed E-state index contributed by atoms with van der Waals surface area (Å²) >= 11 is 12.0. The second-order valence-electron chi connectivity index (χ2n) is 4.29. The van der Waals surface area contributed by atoms with E-state index in [-0.39, 0.29) is 0 Å². The number of aromatic nitrogens is 2. The number of benzene rings is 1. The quantitative estimate of drug-likeness (QED) is 0.827. The Morgan fingerprint density at radius 3 is 2.89 bits per heavy atom. The molecule has 0 unspecified atom stereocenters. The van der Waals surface area contributed by atoms with Crippen LogP contribution in [-0.4, -0.2) is 16.1 Å². The summed E-state index contributed by atoms with van der Waals surface area (Å²) < 4.78 is 2.13. The van der Waals surface area contributed by atoms with Crippen LogP contribution in [0, 0.1) is 0 Å². The molecule has 0 spiro atoms. The number of aryl methyl sites for hydroxylation is 1. The molecule has 0 aliphatic rings. The second-order valence-corrected chi connectivity index (χ2v) is 5.14. The monoisotopic (exact) mass is 297 g/mol. The molecule has 1 aromatic carbocycles. The number of imidazole rings is 1. The molecule has 0 atom stereocenters. The van der Waals surface area contributed by atoms with Crippen molar-refractivity contribution in [1.82, 2.24) is 14.9 Å². The summed E-state index contributed by atoms with van der Waals surface area (Å²) in [6.45, 7) is 4.68. The Bertz CT molecular complexity index is 537. The van der Waals surface area contributed by atoms with Crippen molar-refractivity contribution in [1.29, 1.82) is 0 Å². The second kappa shape index (κ2) is 6.94. The molecule has 0 aliphatic heterocycles. The summed E-state index contributed by atoms with van der Waals surface area (Å²) in [5, 5.41) is 4.78. The number of nitrogens with zero attached hydrogens (tertiary/aromatic N) is 2. The molecule has 0 bridgehead atoms. The molecule has 0 radical (unpaired) electrons. The molecule has 1 aromatic heterocycles. The van der Waals surface area contributed by atoms with Crippen LogP contribution in [-0.2, 0) is 19.5 Å². The van der Waals surface area contributed by atoms with Crippen LogP contribution < -0.4 is 5.32 Å². The zero-order chi connectivity index (χ0) is 13.7. The maximum atomic E-state index is 6.13. The Morgan fingerprint density at radius 1 is 1.32 bits per heavy atom. The van der Waals surface area contributed by atoms with Crippen molar-refractivity contribution in [2.75, 3.05) is 6.54 Å². The molecule has 0 saturated heterocycles. The van der Waals surface area contributed by atoms with Crippen molar-refractivity contribution in [3.05, 3.63) is 52.0 Å². The molecule has 3 nitrogen and oxygen atoms in total. The normalized spacial score (nSPS) is 10.9. The third kappa shape index (κ3) is 3.96. The summed E-state index contributed by atoms with van der Waals surface area (Å²) in [7, 11) is 0. The van der Waals surface area contributed by atoms with Gasteiger partial charge in [-0.3, -0.25) is 0 Å². The Labute approximate surface area is 123 Å². The van der Waals surface area contributed by atoms with E-state index in [0.717, 1.165) is 42.5 Å². The van der Waals surface area contributed by atoms with Gasteiger partial charge in [-0.25, -0.2) is 4.98 Å². The van der Waals surface area contributed by atoms with E-state index in [4.69, 9.17) is 23.2 Å². The molecule has 102 valence electrons. The van der Waals surface area contributed by atoms with Crippen molar-refractivity contribution in [3.63, 3.8) is 0 Å². The van der Waals surface area contributed by atoms with Gasteiger partial charge < -0.3 is 9.88 Å². The maximum absolute atomic E-state index is 6.13. The average Bonchev–Trinajstić information content (AvgIpc) is 2.84. The Morgan fingerprint density at radius 2 is 2.16 bits per heavy atom. The van der Waals surface area contributed by atoms with Crippen molar-refractivity contribution >= 4 is 23.2 Å². The summed E-state index contributed by atoms with van der Waals surface area (Å²) in [5.41, 5.74) is 1.11. The van der Waals surface area contributed by atoms with Crippen LogP contribution in [0.25, 0.3) is 0 Å². The predicted molar refractivity (Wildman–Crippen MR) is 79.8 cm³/mol. The lowest BCUT2D eigenvalue weighted by molar-refractivity contribution is 0.613. The molecular formula is C14H17Cl2N3. The van der Waals surface area contributed by atoms with E-state index >= 15 is 0 Å². The number of hydrogen-bond donors (Lipinski definition) is 1. The van der Waals surface area contributed by atoms with Crippen LogP contribution in [0.3, 0.4) is 0 Å². The first-order chi connectivity index (χ1) is 9.20. The molecule has 2 rings (SSSR count). The summed E-state index contributed by atoms with van der Waals surface area (Å²) in [6, 6.07) is 5.62. The summed E-state index contributed by atoms with van der Waals surface area (Å²) in [6.07, 6.45) is 4.70. The lowest BCUT2D eigenvalue weighted by Crippen LogP contribution is -2.19. The van der Waals surface area contributed by atoms with E-state index in [1.165, 1.54) is 0 Å². The van der Waals surface area contributed by atoms with Gasteiger partial charge in [-0.2, -0.15) is 0 Å². The smallest absolute Gasteiger partial charge is 0.122 e. The van der Waals surface area contributed by atoms with Crippen molar-refractivity contribution in [2.45, 2.75) is 26.4 Å². The Kier molecular flexibility index (Phi) is 5.25. The van der Waals surface area contributed by atoms with Gasteiger partial charge in [-0.1, -0.05) is 29.3 Å². The van der Waals surface area contributed by atoms with E-state index in [1.807, 2.05) is 24.5 Å². The summed E-state index contributed by atoms with van der Waals surface area (Å²) in [5.74, 6) is 1.06. The first-order valence-corrected chi connectivity index (χ1v) is 7.11. The van der Waals surface area contributed by atoms with Gasteiger partial charge >= 0.3 is 0 Å². The van der Waals surface area contributed by atoms with Crippen molar-refractivity contribution in [2.24, 2.45) is 0 Å². The van der Waals surface area contributed by atoms with Crippen LogP contribution in [0.4, 0.5) is 0 Å². The molecule has 0 fully saturated rings. The number of rotatable bonds is 6. The Balaban J connectivity index is 1.81. The van der Waals surface area contributed by atoms with Gasteiger partial charge in [0.05, 0.1) is 6.54 Å². The van der Waals surface area contributed by atoms with E-state index in [2.05, 4.69) is 21.8 Å². The minimum Gasteiger partial charge on any atom is -0.334 e. The predicted octanol–water partition coefficient (Wildman–Crippen LogP) is 3.54. The highest BCUT2D eigenvalue weighted by Crippen LogP contribution is 2.21. The first-order valence-electron chi connectivity index (χ1n) is 6.35. The van der Waals surface area contributed by atoms with Crippen LogP contribution in [0.1, 0.15) is 18.3 Å². The third-order valence-corrected chi connectivity index (χ3v) is 3.60. The van der Waals surface area contributed by atoms with Gasteiger partial charge in [0.2, 0.25) is 0 Å². The van der Waals surface area contributed by atoms with Gasteiger partial charge in [0.25, 0.3) is 0 Å². The van der Waals surface area contributed by atoms with Crippen molar-refractivity contribution < 1.29 is 0 Å². The van der Waals surface area contributed by atoms with Gasteiger partial charge in [-0.15, -0.1) is 0 Å². The van der Waals surface area contributed by atoms with Gasteiger partial charge in [0.15, 0.2) is 0 Å². The zero-order valence-corrected chi connectivity index (χ0v) is 12.4. The number of halogens is 2. The molecule has 2 aromatic rings. The van der Waals surface area contributed by atoms with E-state index in [0.29, 0.717) is 5.02 Å². The summed E-state index contributed by atoms with van der Waals surface area (Å²) in [4.78, 5) is 4.32. The number of nitrogens with one attached hydrogen (secondary N) is 1. The lowest BCUT2D eigenvalue weighted by Gasteiger charge is -2.08. The van der Waals surface area contributed by atoms with Gasteiger partial charge in [0, 0.05) is 29.0 Å². The van der Waals surface area contributed by atoms with Crippen LogP contribution in [0.5, 0.6) is 0 Å². The van der Waals surface area contributed by atoms with Crippen LogP contribution in [0.15, 0.2) is 30.6 Å². The molecule has 0 saturated carbocycles. The maximum Gasteiger partial charge on any atom is 0.122 e. The Hall–Kier alpha value is -1.03. The highest BCUT2D eigenvalue weighted by atomic mass is 35.5. The first kappa shape index (κ1) is 14.4. The fourth-order valence-corrected chi connectivity index (χ4v) is 2.45. The topological polar surface area (TPSA) is 29.9 Å². The molecule has 19 heavy (non-hydrogen) atoms. The molecule has 5 heteroatoms. The SMILES string of the molecule is CCn1ccnc1CNCCc1ccc(Cl)cc1Cl. The van der Waals surface area contributed by atoms with Gasteiger partial charge in [-0.05, 0) is 37.6 Å². The highest BCUT2D eigenvalue weighted by Gasteiger charge is 2.03. The average molecular weight is 298 g/mol. The van der Waals surface area contributed by atoms with E-state index < -0.39 is 0 Å². The largest absolute Gasteiger partial charge is 0.334 e. The zero-order valence-electron chi connectivity index (χ0n) is 10.9. The van der Waals surface area contributed by atoms with E-state index in [9.17, 15) is 0 Å². The van der Waals surface area contributed by atoms with Crippen LogP contribution in [0.2, 0.25) is 10.0 Å².